The molecule has 0 radical (unpaired) electrons. The second kappa shape index (κ2) is 6.93. The van der Waals surface area contributed by atoms with E-state index in [2.05, 4.69) is 5.32 Å². The van der Waals surface area contributed by atoms with Gasteiger partial charge in [0.05, 0.1) is 12.2 Å². The fourth-order valence-electron chi connectivity index (χ4n) is 1.59. The molecule has 0 aliphatic rings. The highest BCUT2D eigenvalue weighted by Gasteiger charge is 2.15. The maximum atomic E-state index is 11.7. The molecule has 0 aromatic heterocycles. The van der Waals surface area contributed by atoms with Crippen LogP contribution in [0.5, 0.6) is 11.5 Å². The molecule has 0 aliphatic heterocycles. The van der Waals surface area contributed by atoms with Crippen LogP contribution in [0.1, 0.15) is 38.1 Å². The molecular weight excluding hydrogens is 258 g/mol. The third kappa shape index (κ3) is 5.30. The predicted octanol–water partition coefficient (Wildman–Crippen LogP) is 2.19. The number of nitrogens with one attached hydrogen (secondary N) is 1. The highest BCUT2D eigenvalue weighted by Crippen LogP contribution is 2.23. The summed E-state index contributed by atoms with van der Waals surface area (Å²) in [5.41, 5.74) is 0.0678. The monoisotopic (exact) mass is 279 g/mol. The number of carbonyl (C=O) groups is 2. The van der Waals surface area contributed by atoms with E-state index in [1.165, 1.54) is 0 Å². The third-order valence-corrected chi connectivity index (χ3v) is 2.30. The van der Waals surface area contributed by atoms with Crippen LogP contribution < -0.4 is 14.8 Å². The Kier molecular flexibility index (Phi) is 5.55. The molecule has 1 N–H and O–H groups in total. The van der Waals surface area contributed by atoms with Gasteiger partial charge in [-0.05, 0) is 39.8 Å². The van der Waals surface area contributed by atoms with Gasteiger partial charge in [0, 0.05) is 11.6 Å². The lowest BCUT2D eigenvalue weighted by Gasteiger charge is -2.20. The summed E-state index contributed by atoms with van der Waals surface area (Å²) >= 11 is 0. The first kappa shape index (κ1) is 16.0. The van der Waals surface area contributed by atoms with E-state index < -0.39 is 0 Å². The first-order valence-electron chi connectivity index (χ1n) is 6.51. The zero-order valence-electron chi connectivity index (χ0n) is 12.4. The summed E-state index contributed by atoms with van der Waals surface area (Å²) in [5, 5.41) is 2.78. The molecule has 110 valence electrons. The molecule has 0 spiro atoms. The van der Waals surface area contributed by atoms with Gasteiger partial charge in [-0.2, -0.15) is 0 Å². The summed E-state index contributed by atoms with van der Waals surface area (Å²) in [6.07, 6.45) is 0.687. The van der Waals surface area contributed by atoms with Crippen LogP contribution in [0.2, 0.25) is 0 Å². The smallest absolute Gasteiger partial charge is 0.258 e. The largest absolute Gasteiger partial charge is 0.494 e. The topological polar surface area (TPSA) is 64.6 Å². The fourth-order valence-corrected chi connectivity index (χ4v) is 1.59. The van der Waals surface area contributed by atoms with Gasteiger partial charge >= 0.3 is 0 Å². The van der Waals surface area contributed by atoms with Crippen molar-refractivity contribution in [3.05, 3.63) is 23.8 Å². The molecule has 20 heavy (non-hydrogen) atoms. The third-order valence-electron chi connectivity index (χ3n) is 2.30. The van der Waals surface area contributed by atoms with Gasteiger partial charge in [-0.25, -0.2) is 0 Å². The Morgan fingerprint density at radius 2 is 2.00 bits per heavy atom. The van der Waals surface area contributed by atoms with Gasteiger partial charge < -0.3 is 14.8 Å². The first-order chi connectivity index (χ1) is 9.35. The average molecular weight is 279 g/mol. The average Bonchev–Trinajstić information content (AvgIpc) is 2.35. The van der Waals surface area contributed by atoms with Crippen LogP contribution >= 0.6 is 0 Å². The molecule has 0 saturated carbocycles. The van der Waals surface area contributed by atoms with Gasteiger partial charge in [-0.1, -0.05) is 0 Å². The molecule has 1 aromatic rings. The first-order valence-corrected chi connectivity index (χ1v) is 6.51. The maximum Gasteiger partial charge on any atom is 0.258 e. The summed E-state index contributed by atoms with van der Waals surface area (Å²) in [6, 6.07) is 4.90. The number of amides is 1. The van der Waals surface area contributed by atoms with E-state index in [0.29, 0.717) is 30.0 Å². The lowest BCUT2D eigenvalue weighted by molar-refractivity contribution is -0.124. The summed E-state index contributed by atoms with van der Waals surface area (Å²) < 4.78 is 10.7. The van der Waals surface area contributed by atoms with Gasteiger partial charge in [-0.15, -0.1) is 0 Å². The number of carbonyl (C=O) groups excluding carboxylic acids is 2. The van der Waals surface area contributed by atoms with Crippen LogP contribution in [-0.2, 0) is 4.79 Å². The molecule has 1 aromatic carbocycles. The van der Waals surface area contributed by atoms with Gasteiger partial charge in [0.15, 0.2) is 12.9 Å². The summed E-state index contributed by atoms with van der Waals surface area (Å²) in [6.45, 7) is 7.90. The van der Waals surface area contributed by atoms with E-state index in [1.54, 1.807) is 18.2 Å². The minimum absolute atomic E-state index is 0.145. The lowest BCUT2D eigenvalue weighted by atomic mass is 10.1. The minimum atomic E-state index is -0.318. The second-order valence-corrected chi connectivity index (χ2v) is 5.34. The summed E-state index contributed by atoms with van der Waals surface area (Å²) in [7, 11) is 0. The zero-order chi connectivity index (χ0) is 15.2. The molecule has 0 bridgehead atoms. The second-order valence-electron chi connectivity index (χ2n) is 5.34. The highest BCUT2D eigenvalue weighted by atomic mass is 16.5. The molecule has 5 nitrogen and oxygen atoms in total. The van der Waals surface area contributed by atoms with E-state index in [1.807, 2.05) is 27.7 Å². The van der Waals surface area contributed by atoms with Gasteiger partial charge in [-0.3, -0.25) is 9.59 Å². The van der Waals surface area contributed by atoms with Crippen molar-refractivity contribution >= 4 is 12.2 Å². The molecule has 0 unspecified atom stereocenters. The Morgan fingerprint density at radius 1 is 1.30 bits per heavy atom. The summed E-state index contributed by atoms with van der Waals surface area (Å²) in [5.74, 6) is 0.704. The quantitative estimate of drug-likeness (QED) is 0.811. The van der Waals surface area contributed by atoms with Gasteiger partial charge in [0.2, 0.25) is 0 Å². The van der Waals surface area contributed by atoms with Gasteiger partial charge in [0.25, 0.3) is 5.91 Å². The van der Waals surface area contributed by atoms with E-state index in [0.717, 1.165) is 0 Å². The number of ether oxygens (including phenoxy) is 2. The maximum absolute atomic E-state index is 11.7. The lowest BCUT2D eigenvalue weighted by Crippen LogP contribution is -2.43. The molecule has 0 atom stereocenters. The Morgan fingerprint density at radius 3 is 2.55 bits per heavy atom. The standard InChI is InChI=1S/C15H21NO4/c1-5-19-12-7-6-11(9-17)13(8-12)20-10-14(18)16-15(2,3)4/h6-9H,5,10H2,1-4H3,(H,16,18). The number of benzene rings is 1. The number of hydrogen-bond donors (Lipinski definition) is 1. The van der Waals surface area contributed by atoms with Crippen LogP contribution in [-0.4, -0.2) is 30.9 Å². The normalized spacial score (nSPS) is 10.8. The van der Waals surface area contributed by atoms with Crippen molar-refractivity contribution in [3.63, 3.8) is 0 Å². The van der Waals surface area contributed by atoms with Crippen molar-refractivity contribution in [3.8, 4) is 11.5 Å². The van der Waals surface area contributed by atoms with Gasteiger partial charge in [0.1, 0.15) is 11.5 Å². The van der Waals surface area contributed by atoms with Crippen LogP contribution in [0.25, 0.3) is 0 Å². The van der Waals surface area contributed by atoms with E-state index in [9.17, 15) is 9.59 Å². The summed E-state index contributed by atoms with van der Waals surface area (Å²) in [4.78, 5) is 22.6. The molecule has 0 heterocycles. The van der Waals surface area contributed by atoms with E-state index >= 15 is 0 Å². The van der Waals surface area contributed by atoms with Crippen LogP contribution in [0, 0.1) is 0 Å². The molecular formula is C15H21NO4. The fraction of sp³-hybridized carbons (Fsp3) is 0.467. The van der Waals surface area contributed by atoms with Crippen LogP contribution in [0.15, 0.2) is 18.2 Å². The molecule has 0 fully saturated rings. The zero-order valence-corrected chi connectivity index (χ0v) is 12.4. The van der Waals surface area contributed by atoms with Crippen molar-refractivity contribution in [1.29, 1.82) is 0 Å². The van der Waals surface area contributed by atoms with Crippen molar-refractivity contribution in [2.24, 2.45) is 0 Å². The van der Waals surface area contributed by atoms with Crippen molar-refractivity contribution in [1.82, 2.24) is 5.32 Å². The number of rotatable bonds is 6. The number of aldehydes is 1. The number of hydrogen-bond acceptors (Lipinski definition) is 4. The Labute approximate surface area is 119 Å². The molecule has 1 amide bonds. The SMILES string of the molecule is CCOc1ccc(C=O)c(OCC(=O)NC(C)(C)C)c1. The predicted molar refractivity (Wildman–Crippen MR) is 76.4 cm³/mol. The van der Waals surface area contributed by atoms with Crippen LogP contribution in [0.3, 0.4) is 0 Å². The molecule has 5 heteroatoms. The van der Waals surface area contributed by atoms with Crippen molar-refractivity contribution in [2.45, 2.75) is 33.2 Å². The minimum Gasteiger partial charge on any atom is -0.494 e. The van der Waals surface area contributed by atoms with E-state index in [-0.39, 0.29) is 18.1 Å². The molecule has 1 rings (SSSR count). The Bertz CT molecular complexity index is 477. The highest BCUT2D eigenvalue weighted by molar-refractivity contribution is 5.81. The Balaban J connectivity index is 2.72. The Hall–Kier alpha value is -2.04. The molecule has 0 saturated heterocycles. The van der Waals surface area contributed by atoms with Crippen LogP contribution in [0.4, 0.5) is 0 Å². The van der Waals surface area contributed by atoms with E-state index in [4.69, 9.17) is 9.47 Å². The molecule has 0 aliphatic carbocycles. The van der Waals surface area contributed by atoms with Crippen molar-refractivity contribution < 1.29 is 19.1 Å². The van der Waals surface area contributed by atoms with Crippen molar-refractivity contribution in [2.75, 3.05) is 13.2 Å².